The second kappa shape index (κ2) is 9.15. The molecule has 0 bridgehead atoms. The molecule has 1 amide bonds. The molecule has 0 spiro atoms. The molecule has 0 radical (unpaired) electrons. The number of morpholine rings is 1. The largest absolute Gasteiger partial charge is 0.370 e. The first-order valence-corrected chi connectivity index (χ1v) is 9.66. The van der Waals surface area contributed by atoms with Crippen LogP contribution < -0.4 is 10.2 Å². The Kier molecular flexibility index (Phi) is 6.63. The molecule has 1 aromatic heterocycles. The fraction of sp³-hybridized carbons (Fsp3) is 0.476. The highest BCUT2D eigenvalue weighted by atomic mass is 19.1. The van der Waals surface area contributed by atoms with Crippen molar-refractivity contribution in [3.63, 3.8) is 0 Å². The molecule has 6 heteroatoms. The molecular weight excluding hydrogens is 345 g/mol. The van der Waals surface area contributed by atoms with Crippen LogP contribution in [0.15, 0.2) is 30.3 Å². The zero-order valence-corrected chi connectivity index (χ0v) is 16.2. The van der Waals surface area contributed by atoms with Gasteiger partial charge < -0.3 is 19.5 Å². The van der Waals surface area contributed by atoms with E-state index in [-0.39, 0.29) is 11.7 Å². The van der Waals surface area contributed by atoms with Gasteiger partial charge in [-0.3, -0.25) is 4.79 Å². The highest BCUT2D eigenvalue weighted by Crippen LogP contribution is 2.18. The second-order valence-electron chi connectivity index (χ2n) is 7.22. The summed E-state index contributed by atoms with van der Waals surface area (Å²) in [7, 11) is 0. The molecule has 1 aliphatic heterocycles. The number of carbonyl (C=O) groups is 1. The van der Waals surface area contributed by atoms with E-state index < -0.39 is 0 Å². The van der Waals surface area contributed by atoms with E-state index in [1.807, 2.05) is 30.5 Å². The van der Waals surface area contributed by atoms with Gasteiger partial charge in [-0.25, -0.2) is 4.39 Å². The fourth-order valence-electron chi connectivity index (χ4n) is 3.69. The number of quaternary nitrogens is 1. The van der Waals surface area contributed by atoms with E-state index in [9.17, 15) is 9.18 Å². The normalized spacial score (nSPS) is 15.1. The number of hydrogen-bond acceptors (Lipinski definition) is 2. The van der Waals surface area contributed by atoms with Crippen LogP contribution in [0, 0.1) is 19.7 Å². The first kappa shape index (κ1) is 19.6. The number of amides is 1. The van der Waals surface area contributed by atoms with Gasteiger partial charge in [0.05, 0.1) is 26.3 Å². The lowest BCUT2D eigenvalue weighted by Gasteiger charge is -2.23. The van der Waals surface area contributed by atoms with Crippen molar-refractivity contribution in [2.45, 2.75) is 26.8 Å². The van der Waals surface area contributed by atoms with Gasteiger partial charge in [0.1, 0.15) is 24.6 Å². The van der Waals surface area contributed by atoms with E-state index in [0.29, 0.717) is 24.3 Å². The standard InChI is InChI=1S/C21H28FN3O2/c1-16-14-17(2)25(15-18-6-3-4-7-19(18)22)20(16)21(26)23-8-5-9-24-10-12-27-13-11-24/h3-4,6-7,14H,5,8-13,15H2,1-2H3,(H,23,26)/p+1. The molecule has 27 heavy (non-hydrogen) atoms. The Morgan fingerprint density at radius 1 is 1.26 bits per heavy atom. The quantitative estimate of drug-likeness (QED) is 0.719. The Morgan fingerprint density at radius 3 is 2.74 bits per heavy atom. The molecule has 1 fully saturated rings. The van der Waals surface area contributed by atoms with Crippen molar-refractivity contribution in [1.82, 2.24) is 9.88 Å². The number of carbonyl (C=O) groups excluding carboxylic acids is 1. The third kappa shape index (κ3) is 4.96. The van der Waals surface area contributed by atoms with Crippen molar-refractivity contribution in [3.8, 4) is 0 Å². The smallest absolute Gasteiger partial charge is 0.268 e. The van der Waals surface area contributed by atoms with Crippen molar-refractivity contribution in [2.24, 2.45) is 0 Å². The molecule has 2 aromatic rings. The molecule has 1 saturated heterocycles. The molecular formula is C21H29FN3O2+. The maximum absolute atomic E-state index is 14.0. The van der Waals surface area contributed by atoms with Crippen LogP contribution in [0.2, 0.25) is 0 Å². The van der Waals surface area contributed by atoms with Gasteiger partial charge in [-0.2, -0.15) is 0 Å². The molecule has 1 aliphatic rings. The summed E-state index contributed by atoms with van der Waals surface area (Å²) in [5.41, 5.74) is 3.08. The first-order chi connectivity index (χ1) is 13.1. The zero-order chi connectivity index (χ0) is 19.2. The summed E-state index contributed by atoms with van der Waals surface area (Å²) in [5.74, 6) is -0.336. The van der Waals surface area contributed by atoms with E-state index in [1.165, 1.54) is 11.0 Å². The number of halogens is 1. The number of nitrogens with one attached hydrogen (secondary N) is 2. The third-order valence-corrected chi connectivity index (χ3v) is 5.19. The summed E-state index contributed by atoms with van der Waals surface area (Å²) < 4.78 is 21.3. The van der Waals surface area contributed by atoms with Crippen molar-refractivity contribution in [3.05, 3.63) is 58.7 Å². The second-order valence-corrected chi connectivity index (χ2v) is 7.22. The lowest BCUT2D eigenvalue weighted by molar-refractivity contribution is -0.908. The Morgan fingerprint density at radius 2 is 2.00 bits per heavy atom. The lowest BCUT2D eigenvalue weighted by Crippen LogP contribution is -3.14. The van der Waals surface area contributed by atoms with Crippen LogP contribution in [0.3, 0.4) is 0 Å². The highest BCUT2D eigenvalue weighted by molar-refractivity contribution is 5.94. The maximum atomic E-state index is 14.0. The number of benzene rings is 1. The molecule has 0 aliphatic carbocycles. The lowest BCUT2D eigenvalue weighted by atomic mass is 10.2. The molecule has 146 valence electrons. The van der Waals surface area contributed by atoms with Crippen LogP contribution in [0.5, 0.6) is 0 Å². The van der Waals surface area contributed by atoms with Crippen molar-refractivity contribution < 1.29 is 18.8 Å². The van der Waals surface area contributed by atoms with E-state index in [4.69, 9.17) is 4.74 Å². The Balaban J connectivity index is 1.61. The van der Waals surface area contributed by atoms with Crippen LogP contribution in [-0.2, 0) is 11.3 Å². The van der Waals surface area contributed by atoms with Crippen LogP contribution in [0.4, 0.5) is 4.39 Å². The average molecular weight is 374 g/mol. The summed E-state index contributed by atoms with van der Waals surface area (Å²) in [5, 5.41) is 3.04. The highest BCUT2D eigenvalue weighted by Gasteiger charge is 2.19. The maximum Gasteiger partial charge on any atom is 0.268 e. The summed E-state index contributed by atoms with van der Waals surface area (Å²) in [4.78, 5) is 14.3. The molecule has 2 N–H and O–H groups in total. The van der Waals surface area contributed by atoms with Crippen LogP contribution >= 0.6 is 0 Å². The molecule has 0 atom stereocenters. The molecule has 1 aromatic carbocycles. The predicted octanol–water partition coefficient (Wildman–Crippen LogP) is 1.33. The summed E-state index contributed by atoms with van der Waals surface area (Å²) in [6.07, 6.45) is 0.938. The van der Waals surface area contributed by atoms with Gasteiger partial charge in [0.15, 0.2) is 0 Å². The summed E-state index contributed by atoms with van der Waals surface area (Å²) in [6.45, 7) is 9.64. The van der Waals surface area contributed by atoms with Crippen molar-refractivity contribution in [1.29, 1.82) is 0 Å². The van der Waals surface area contributed by atoms with Gasteiger partial charge in [0, 0.05) is 24.2 Å². The Hall–Kier alpha value is -2.18. The molecule has 0 saturated carbocycles. The Labute approximate surface area is 160 Å². The minimum absolute atomic E-state index is 0.0890. The number of rotatable bonds is 7. The first-order valence-electron chi connectivity index (χ1n) is 9.66. The van der Waals surface area contributed by atoms with E-state index in [1.54, 1.807) is 12.1 Å². The number of aromatic nitrogens is 1. The van der Waals surface area contributed by atoms with Gasteiger partial charge in [-0.1, -0.05) is 18.2 Å². The Bertz CT molecular complexity index is 782. The number of ether oxygens (including phenoxy) is 1. The van der Waals surface area contributed by atoms with Gasteiger partial charge in [-0.15, -0.1) is 0 Å². The zero-order valence-electron chi connectivity index (χ0n) is 16.2. The van der Waals surface area contributed by atoms with E-state index in [0.717, 1.165) is 50.5 Å². The van der Waals surface area contributed by atoms with Gasteiger partial charge >= 0.3 is 0 Å². The summed E-state index contributed by atoms with van der Waals surface area (Å²) in [6, 6.07) is 8.69. The topological polar surface area (TPSA) is 47.7 Å². The SMILES string of the molecule is Cc1cc(C)n(Cc2ccccc2F)c1C(=O)NCCC[NH+]1CCOCC1. The summed E-state index contributed by atoms with van der Waals surface area (Å²) >= 11 is 0. The number of nitrogens with zero attached hydrogens (tertiary/aromatic N) is 1. The monoisotopic (exact) mass is 374 g/mol. The number of hydrogen-bond donors (Lipinski definition) is 2. The van der Waals surface area contributed by atoms with Gasteiger partial charge in [-0.05, 0) is 31.5 Å². The molecule has 3 rings (SSSR count). The molecule has 0 unspecified atom stereocenters. The fourth-order valence-corrected chi connectivity index (χ4v) is 3.69. The molecule has 2 heterocycles. The minimum Gasteiger partial charge on any atom is -0.370 e. The van der Waals surface area contributed by atoms with Crippen molar-refractivity contribution >= 4 is 5.91 Å². The number of aryl methyl sites for hydroxylation is 2. The van der Waals surface area contributed by atoms with Crippen LogP contribution in [-0.4, -0.2) is 49.9 Å². The van der Waals surface area contributed by atoms with Gasteiger partial charge in [0.2, 0.25) is 0 Å². The average Bonchev–Trinajstić information content (AvgIpc) is 2.94. The minimum atomic E-state index is -0.247. The van der Waals surface area contributed by atoms with Crippen LogP contribution in [0.25, 0.3) is 0 Å². The molecule has 5 nitrogen and oxygen atoms in total. The third-order valence-electron chi connectivity index (χ3n) is 5.19. The van der Waals surface area contributed by atoms with E-state index in [2.05, 4.69) is 5.32 Å². The predicted molar refractivity (Wildman–Crippen MR) is 103 cm³/mol. The van der Waals surface area contributed by atoms with Crippen molar-refractivity contribution in [2.75, 3.05) is 39.4 Å². The van der Waals surface area contributed by atoms with Gasteiger partial charge in [0.25, 0.3) is 5.91 Å². The van der Waals surface area contributed by atoms with E-state index >= 15 is 0 Å². The van der Waals surface area contributed by atoms with Crippen LogP contribution in [0.1, 0.15) is 33.7 Å².